The first-order chi connectivity index (χ1) is 12.4. The Kier molecular flexibility index (Phi) is 3.69. The number of amides is 1. The molecule has 134 valence electrons. The van der Waals surface area contributed by atoms with Crippen LogP contribution in [0.3, 0.4) is 0 Å². The molecule has 1 aromatic carbocycles. The molecule has 10 heteroatoms. The predicted molar refractivity (Wildman–Crippen MR) is 91.2 cm³/mol. The van der Waals surface area contributed by atoms with E-state index in [-0.39, 0.29) is 24.0 Å². The number of nitrogens with one attached hydrogen (secondary N) is 1. The summed E-state index contributed by atoms with van der Waals surface area (Å²) in [6.07, 6.45) is 2.74. The Hall–Kier alpha value is -3.27. The van der Waals surface area contributed by atoms with Gasteiger partial charge in [0, 0.05) is 18.8 Å². The minimum atomic E-state index is -4.05. The van der Waals surface area contributed by atoms with E-state index in [4.69, 9.17) is 13.9 Å². The SMILES string of the molecule is CN1C(C(=O)Nc2ccc3c(c2)OCO3)=CC(c2ccco2)=NS1(=O)=O. The van der Waals surface area contributed by atoms with Gasteiger partial charge >= 0.3 is 10.2 Å². The molecule has 2 aliphatic heterocycles. The van der Waals surface area contributed by atoms with E-state index in [0.717, 1.165) is 4.31 Å². The molecule has 4 rings (SSSR count). The second-order valence-electron chi connectivity index (χ2n) is 5.45. The standard InChI is InChI=1S/C16H13N3O6S/c1-19-12(8-11(18-26(19,21)22)13-3-2-6-23-13)16(20)17-10-4-5-14-15(7-10)25-9-24-14/h2-8H,9H2,1H3,(H,17,20). The summed E-state index contributed by atoms with van der Waals surface area (Å²) in [5.74, 6) is 0.704. The maximum atomic E-state index is 12.6. The molecule has 9 nitrogen and oxygen atoms in total. The third-order valence-corrected chi connectivity index (χ3v) is 5.13. The number of carbonyl (C=O) groups excluding carboxylic acids is 1. The monoisotopic (exact) mass is 375 g/mol. The first-order valence-corrected chi connectivity index (χ1v) is 8.89. The number of hydrogen-bond donors (Lipinski definition) is 1. The minimum absolute atomic E-state index is 0.0453. The zero-order chi connectivity index (χ0) is 18.3. The Balaban J connectivity index is 1.64. The number of ether oxygens (including phenoxy) is 2. The summed E-state index contributed by atoms with van der Waals surface area (Å²) in [4.78, 5) is 12.6. The van der Waals surface area contributed by atoms with Crippen LogP contribution in [-0.2, 0) is 15.0 Å². The molecule has 26 heavy (non-hydrogen) atoms. The predicted octanol–water partition coefficient (Wildman–Crippen LogP) is 1.51. The van der Waals surface area contributed by atoms with Crippen LogP contribution in [0.1, 0.15) is 5.76 Å². The van der Waals surface area contributed by atoms with Gasteiger partial charge < -0.3 is 19.2 Å². The van der Waals surface area contributed by atoms with Crippen molar-refractivity contribution in [1.82, 2.24) is 4.31 Å². The molecule has 0 saturated carbocycles. The van der Waals surface area contributed by atoms with Crippen LogP contribution in [0.15, 0.2) is 57.2 Å². The number of benzene rings is 1. The fourth-order valence-electron chi connectivity index (χ4n) is 2.47. The molecule has 1 amide bonds. The summed E-state index contributed by atoms with van der Waals surface area (Å²) in [5, 5.41) is 2.64. The van der Waals surface area contributed by atoms with Crippen LogP contribution in [0.5, 0.6) is 11.5 Å². The average molecular weight is 375 g/mol. The number of allylic oxidation sites excluding steroid dienone is 1. The first kappa shape index (κ1) is 16.2. The van der Waals surface area contributed by atoms with Crippen LogP contribution in [0.4, 0.5) is 5.69 Å². The van der Waals surface area contributed by atoms with Gasteiger partial charge in [0.2, 0.25) is 6.79 Å². The highest BCUT2D eigenvalue weighted by Gasteiger charge is 2.31. The second-order valence-corrected chi connectivity index (χ2v) is 7.08. The van der Waals surface area contributed by atoms with Crippen LogP contribution < -0.4 is 14.8 Å². The lowest BCUT2D eigenvalue weighted by molar-refractivity contribution is -0.113. The van der Waals surface area contributed by atoms with Gasteiger partial charge in [-0.15, -0.1) is 4.40 Å². The average Bonchev–Trinajstić information content (AvgIpc) is 3.27. The summed E-state index contributed by atoms with van der Waals surface area (Å²) >= 11 is 0. The topological polar surface area (TPSA) is 110 Å². The highest BCUT2D eigenvalue weighted by atomic mass is 32.2. The van der Waals surface area contributed by atoms with E-state index in [1.165, 1.54) is 19.4 Å². The molecular weight excluding hydrogens is 362 g/mol. The van der Waals surface area contributed by atoms with Gasteiger partial charge in [-0.25, -0.2) is 4.31 Å². The Morgan fingerprint density at radius 2 is 2.04 bits per heavy atom. The van der Waals surface area contributed by atoms with Gasteiger partial charge in [-0.2, -0.15) is 8.42 Å². The number of furan rings is 1. The van der Waals surface area contributed by atoms with E-state index < -0.39 is 16.1 Å². The Labute approximate surface area is 148 Å². The van der Waals surface area contributed by atoms with Crippen molar-refractivity contribution in [3.63, 3.8) is 0 Å². The number of rotatable bonds is 3. The minimum Gasteiger partial charge on any atom is -0.463 e. The number of carbonyl (C=O) groups is 1. The molecule has 0 bridgehead atoms. The zero-order valence-corrected chi connectivity index (χ0v) is 14.3. The lowest BCUT2D eigenvalue weighted by atomic mass is 10.2. The van der Waals surface area contributed by atoms with Gasteiger partial charge in [0.15, 0.2) is 17.3 Å². The van der Waals surface area contributed by atoms with E-state index in [1.54, 1.807) is 30.3 Å². The summed E-state index contributed by atoms with van der Waals surface area (Å²) in [6, 6.07) is 8.04. The van der Waals surface area contributed by atoms with Crippen LogP contribution >= 0.6 is 0 Å². The fourth-order valence-corrected chi connectivity index (χ4v) is 3.37. The highest BCUT2D eigenvalue weighted by Crippen LogP contribution is 2.34. The maximum Gasteiger partial charge on any atom is 0.345 e. The molecule has 2 aromatic rings. The van der Waals surface area contributed by atoms with Crippen molar-refractivity contribution in [1.29, 1.82) is 0 Å². The fraction of sp³-hybridized carbons (Fsp3) is 0.125. The largest absolute Gasteiger partial charge is 0.463 e. The van der Waals surface area contributed by atoms with Crippen molar-refractivity contribution >= 4 is 27.5 Å². The first-order valence-electron chi connectivity index (χ1n) is 7.49. The van der Waals surface area contributed by atoms with Gasteiger partial charge in [-0.05, 0) is 30.3 Å². The molecule has 1 aromatic heterocycles. The molecule has 0 radical (unpaired) electrons. The summed E-state index contributed by atoms with van der Waals surface area (Å²) in [6.45, 7) is 0.113. The molecule has 0 aliphatic carbocycles. The van der Waals surface area contributed by atoms with Gasteiger partial charge in [0.1, 0.15) is 11.4 Å². The number of fused-ring (bicyclic) bond motifs is 1. The normalized spacial score (nSPS) is 17.5. The molecule has 2 aliphatic rings. The molecule has 0 spiro atoms. The van der Waals surface area contributed by atoms with E-state index in [1.807, 2.05) is 0 Å². The Bertz CT molecular complexity index is 1040. The summed E-state index contributed by atoms with van der Waals surface area (Å²) in [5.41, 5.74) is 0.390. The van der Waals surface area contributed by atoms with Crippen molar-refractivity contribution < 1.29 is 27.1 Å². The number of likely N-dealkylation sites (N-methyl/N-ethyl adjacent to an activating group) is 1. The van der Waals surface area contributed by atoms with Crippen molar-refractivity contribution in [3.05, 3.63) is 54.1 Å². The molecule has 0 saturated heterocycles. The molecule has 1 N–H and O–H groups in total. The highest BCUT2D eigenvalue weighted by molar-refractivity contribution is 7.88. The molecule has 0 unspecified atom stereocenters. The van der Waals surface area contributed by atoms with E-state index >= 15 is 0 Å². The molecule has 3 heterocycles. The van der Waals surface area contributed by atoms with E-state index in [0.29, 0.717) is 17.2 Å². The number of anilines is 1. The van der Waals surface area contributed by atoms with Gasteiger partial charge in [0.25, 0.3) is 5.91 Å². The van der Waals surface area contributed by atoms with Crippen LogP contribution in [0.2, 0.25) is 0 Å². The summed E-state index contributed by atoms with van der Waals surface area (Å²) < 4.78 is 44.6. The lowest BCUT2D eigenvalue weighted by Gasteiger charge is -2.23. The van der Waals surface area contributed by atoms with Crippen molar-refractivity contribution in [2.24, 2.45) is 4.40 Å². The van der Waals surface area contributed by atoms with Gasteiger partial charge in [-0.3, -0.25) is 4.79 Å². The zero-order valence-electron chi connectivity index (χ0n) is 13.5. The van der Waals surface area contributed by atoms with Crippen molar-refractivity contribution in [3.8, 4) is 11.5 Å². The number of nitrogens with zero attached hydrogens (tertiary/aromatic N) is 2. The summed E-state index contributed by atoms with van der Waals surface area (Å²) in [7, 11) is -2.79. The Morgan fingerprint density at radius 1 is 1.23 bits per heavy atom. The second kappa shape index (κ2) is 5.92. The van der Waals surface area contributed by atoms with Crippen LogP contribution in [-0.4, -0.2) is 38.2 Å². The molecular formula is C16H13N3O6S. The smallest absolute Gasteiger partial charge is 0.345 e. The van der Waals surface area contributed by atoms with Gasteiger partial charge in [-0.1, -0.05) is 0 Å². The van der Waals surface area contributed by atoms with Gasteiger partial charge in [0.05, 0.1) is 6.26 Å². The third kappa shape index (κ3) is 2.80. The molecule has 0 atom stereocenters. The Morgan fingerprint density at radius 3 is 2.81 bits per heavy atom. The van der Waals surface area contributed by atoms with Crippen LogP contribution in [0, 0.1) is 0 Å². The van der Waals surface area contributed by atoms with Crippen molar-refractivity contribution in [2.45, 2.75) is 0 Å². The van der Waals surface area contributed by atoms with E-state index in [9.17, 15) is 13.2 Å². The van der Waals surface area contributed by atoms with Crippen molar-refractivity contribution in [2.75, 3.05) is 19.2 Å². The quantitative estimate of drug-likeness (QED) is 0.871. The third-order valence-electron chi connectivity index (χ3n) is 3.81. The van der Waals surface area contributed by atoms with E-state index in [2.05, 4.69) is 9.71 Å². The number of hydrogen-bond acceptors (Lipinski definition) is 6. The van der Waals surface area contributed by atoms with Crippen LogP contribution in [0.25, 0.3) is 0 Å². The maximum absolute atomic E-state index is 12.6. The molecule has 0 fully saturated rings. The lowest BCUT2D eigenvalue weighted by Crippen LogP contribution is -2.35.